The Kier molecular flexibility index (Phi) is 3.85. The van der Waals surface area contributed by atoms with E-state index in [1.807, 2.05) is 0 Å². The molecule has 94 valence electrons. The summed E-state index contributed by atoms with van der Waals surface area (Å²) in [7, 11) is 0. The molecule has 0 unspecified atom stereocenters. The molecular formula is C15H24N2. The van der Waals surface area contributed by atoms with Crippen molar-refractivity contribution in [2.24, 2.45) is 5.73 Å². The fourth-order valence-corrected chi connectivity index (χ4v) is 2.38. The van der Waals surface area contributed by atoms with Crippen molar-refractivity contribution < 1.29 is 0 Å². The van der Waals surface area contributed by atoms with Gasteiger partial charge in [-0.2, -0.15) is 0 Å². The minimum atomic E-state index is -0.0645. The number of aryl methyl sites for hydroxylation is 2. The highest BCUT2D eigenvalue weighted by Gasteiger charge is 2.11. The highest BCUT2D eigenvalue weighted by molar-refractivity contribution is 5.35. The molecule has 0 saturated carbocycles. The zero-order valence-electron chi connectivity index (χ0n) is 11.1. The van der Waals surface area contributed by atoms with Gasteiger partial charge in [0.25, 0.3) is 0 Å². The molecular weight excluding hydrogens is 208 g/mol. The Hall–Kier alpha value is -0.860. The maximum absolute atomic E-state index is 5.95. The van der Waals surface area contributed by atoms with E-state index in [9.17, 15) is 0 Å². The minimum absolute atomic E-state index is 0.0645. The molecule has 0 aromatic heterocycles. The maximum atomic E-state index is 5.95. The van der Waals surface area contributed by atoms with Crippen LogP contribution in [0.2, 0.25) is 0 Å². The zero-order chi connectivity index (χ0) is 12.3. The van der Waals surface area contributed by atoms with Crippen LogP contribution < -0.4 is 11.1 Å². The molecule has 2 heteroatoms. The topological polar surface area (TPSA) is 38.0 Å². The molecule has 0 fully saturated rings. The Balaban J connectivity index is 1.80. The van der Waals surface area contributed by atoms with Gasteiger partial charge in [-0.3, -0.25) is 0 Å². The van der Waals surface area contributed by atoms with Crippen LogP contribution in [-0.4, -0.2) is 12.1 Å². The highest BCUT2D eigenvalue weighted by atomic mass is 14.9. The highest BCUT2D eigenvalue weighted by Crippen LogP contribution is 2.22. The van der Waals surface area contributed by atoms with Gasteiger partial charge in [-0.1, -0.05) is 18.2 Å². The third-order valence-corrected chi connectivity index (χ3v) is 3.44. The van der Waals surface area contributed by atoms with E-state index in [2.05, 4.69) is 37.4 Å². The van der Waals surface area contributed by atoms with Crippen LogP contribution in [-0.2, 0) is 19.4 Å². The Bertz CT molecular complexity index is 377. The van der Waals surface area contributed by atoms with Gasteiger partial charge in [-0.15, -0.1) is 0 Å². The van der Waals surface area contributed by atoms with Crippen LogP contribution in [0.5, 0.6) is 0 Å². The van der Waals surface area contributed by atoms with Gasteiger partial charge in [0.05, 0.1) is 0 Å². The second-order valence-electron chi connectivity index (χ2n) is 5.87. The molecule has 1 aromatic rings. The number of hydrogen-bond acceptors (Lipinski definition) is 2. The first-order valence-electron chi connectivity index (χ1n) is 6.65. The van der Waals surface area contributed by atoms with Crippen LogP contribution >= 0.6 is 0 Å². The number of nitrogens with two attached hydrogens (primary N) is 1. The number of fused-ring (bicyclic) bond motifs is 1. The molecule has 3 N–H and O–H groups in total. The van der Waals surface area contributed by atoms with Crippen molar-refractivity contribution in [2.45, 2.75) is 51.6 Å². The first-order chi connectivity index (χ1) is 8.04. The van der Waals surface area contributed by atoms with Gasteiger partial charge >= 0.3 is 0 Å². The number of nitrogens with one attached hydrogen (secondary N) is 1. The largest absolute Gasteiger partial charge is 0.326 e. The minimum Gasteiger partial charge on any atom is -0.326 e. The fraction of sp³-hybridized carbons (Fsp3) is 0.600. The molecule has 2 rings (SSSR count). The summed E-state index contributed by atoms with van der Waals surface area (Å²) in [6.07, 6.45) is 4.87. The molecule has 1 aromatic carbocycles. The second kappa shape index (κ2) is 5.19. The maximum Gasteiger partial charge on any atom is 0.0205 e. The van der Waals surface area contributed by atoms with Gasteiger partial charge in [0, 0.05) is 12.1 Å². The molecule has 0 atom stereocenters. The summed E-state index contributed by atoms with van der Waals surface area (Å²) in [5.41, 5.74) is 10.4. The molecule has 0 radical (unpaired) electrons. The Morgan fingerprint density at radius 2 is 2.00 bits per heavy atom. The van der Waals surface area contributed by atoms with E-state index < -0.39 is 0 Å². The van der Waals surface area contributed by atoms with Gasteiger partial charge in [0.1, 0.15) is 0 Å². The van der Waals surface area contributed by atoms with E-state index in [0.717, 1.165) is 19.5 Å². The van der Waals surface area contributed by atoms with Crippen LogP contribution in [0.3, 0.4) is 0 Å². The summed E-state index contributed by atoms with van der Waals surface area (Å²) in [5, 5.41) is 3.47. The van der Waals surface area contributed by atoms with Crippen LogP contribution in [0.1, 0.15) is 43.4 Å². The predicted molar refractivity (Wildman–Crippen MR) is 73.1 cm³/mol. The normalized spacial score (nSPS) is 15.0. The first kappa shape index (κ1) is 12.6. The van der Waals surface area contributed by atoms with Crippen molar-refractivity contribution in [3.63, 3.8) is 0 Å². The van der Waals surface area contributed by atoms with Crippen molar-refractivity contribution in [1.82, 2.24) is 5.32 Å². The molecule has 17 heavy (non-hydrogen) atoms. The number of benzene rings is 1. The second-order valence-corrected chi connectivity index (χ2v) is 5.87. The molecule has 0 heterocycles. The summed E-state index contributed by atoms with van der Waals surface area (Å²) < 4.78 is 0. The third kappa shape index (κ3) is 3.83. The summed E-state index contributed by atoms with van der Waals surface area (Å²) in [6.45, 7) is 6.10. The summed E-state index contributed by atoms with van der Waals surface area (Å²) in [4.78, 5) is 0. The monoisotopic (exact) mass is 232 g/mol. The Morgan fingerprint density at radius 1 is 1.24 bits per heavy atom. The van der Waals surface area contributed by atoms with Gasteiger partial charge in [0.2, 0.25) is 0 Å². The smallest absolute Gasteiger partial charge is 0.0205 e. The standard InChI is InChI=1S/C15H24N2/c1-15(2,16)8-9-17-11-12-6-7-13-4-3-5-14(13)10-12/h6-7,10,17H,3-5,8-9,11,16H2,1-2H3. The number of rotatable bonds is 5. The molecule has 0 saturated heterocycles. The molecule has 1 aliphatic carbocycles. The van der Waals surface area contributed by atoms with E-state index in [-0.39, 0.29) is 5.54 Å². The van der Waals surface area contributed by atoms with Crippen molar-refractivity contribution in [1.29, 1.82) is 0 Å². The van der Waals surface area contributed by atoms with Gasteiger partial charge in [0.15, 0.2) is 0 Å². The fourth-order valence-electron chi connectivity index (χ4n) is 2.38. The summed E-state index contributed by atoms with van der Waals surface area (Å²) >= 11 is 0. The number of hydrogen-bond donors (Lipinski definition) is 2. The molecule has 0 aliphatic heterocycles. The van der Waals surface area contributed by atoms with Crippen LogP contribution in [0.25, 0.3) is 0 Å². The lowest BCUT2D eigenvalue weighted by atomic mass is 10.0. The molecule has 0 spiro atoms. The summed E-state index contributed by atoms with van der Waals surface area (Å²) in [6, 6.07) is 6.92. The third-order valence-electron chi connectivity index (χ3n) is 3.44. The Morgan fingerprint density at radius 3 is 2.76 bits per heavy atom. The predicted octanol–water partition coefficient (Wildman–Crippen LogP) is 2.39. The lowest BCUT2D eigenvalue weighted by Gasteiger charge is -2.18. The van der Waals surface area contributed by atoms with Crippen molar-refractivity contribution in [3.8, 4) is 0 Å². The SMILES string of the molecule is CC(C)(N)CCNCc1ccc2c(c1)CCC2. The van der Waals surface area contributed by atoms with E-state index in [1.165, 1.54) is 24.8 Å². The molecule has 0 bridgehead atoms. The van der Waals surface area contributed by atoms with Gasteiger partial charge < -0.3 is 11.1 Å². The first-order valence-corrected chi connectivity index (χ1v) is 6.65. The molecule has 0 amide bonds. The quantitative estimate of drug-likeness (QED) is 0.765. The average Bonchev–Trinajstić information content (AvgIpc) is 2.70. The lowest BCUT2D eigenvalue weighted by Crippen LogP contribution is -2.35. The molecule has 2 nitrogen and oxygen atoms in total. The van der Waals surface area contributed by atoms with Crippen molar-refractivity contribution in [3.05, 3.63) is 34.9 Å². The van der Waals surface area contributed by atoms with Crippen LogP contribution in [0.15, 0.2) is 18.2 Å². The Labute approximate surface area is 105 Å². The van der Waals surface area contributed by atoms with Gasteiger partial charge in [-0.25, -0.2) is 0 Å². The molecule has 1 aliphatic rings. The van der Waals surface area contributed by atoms with Crippen LogP contribution in [0, 0.1) is 0 Å². The van der Waals surface area contributed by atoms with Gasteiger partial charge in [-0.05, 0) is 62.8 Å². The van der Waals surface area contributed by atoms with E-state index in [4.69, 9.17) is 5.73 Å². The van der Waals surface area contributed by atoms with Crippen molar-refractivity contribution in [2.75, 3.05) is 6.54 Å². The van der Waals surface area contributed by atoms with E-state index in [0.29, 0.717) is 0 Å². The van der Waals surface area contributed by atoms with E-state index in [1.54, 1.807) is 11.1 Å². The lowest BCUT2D eigenvalue weighted by molar-refractivity contribution is 0.455. The van der Waals surface area contributed by atoms with Crippen molar-refractivity contribution >= 4 is 0 Å². The van der Waals surface area contributed by atoms with E-state index >= 15 is 0 Å². The average molecular weight is 232 g/mol. The van der Waals surface area contributed by atoms with Crippen LogP contribution in [0.4, 0.5) is 0 Å². The zero-order valence-corrected chi connectivity index (χ0v) is 11.1. The summed E-state index contributed by atoms with van der Waals surface area (Å²) in [5.74, 6) is 0.